The first-order valence-corrected chi connectivity index (χ1v) is 8.59. The van der Waals surface area contributed by atoms with Crippen molar-refractivity contribution in [2.75, 3.05) is 10.6 Å². The van der Waals surface area contributed by atoms with E-state index in [1.54, 1.807) is 0 Å². The van der Waals surface area contributed by atoms with Gasteiger partial charge in [0, 0.05) is 28.5 Å². The number of aromatic nitrogens is 2. The van der Waals surface area contributed by atoms with E-state index in [0.29, 0.717) is 11.0 Å². The zero-order valence-electron chi connectivity index (χ0n) is 14.5. The van der Waals surface area contributed by atoms with Crippen molar-refractivity contribution < 1.29 is 0 Å². The van der Waals surface area contributed by atoms with E-state index >= 15 is 0 Å². The number of anilines is 3. The first kappa shape index (κ1) is 17.2. The van der Waals surface area contributed by atoms with Crippen LogP contribution in [-0.2, 0) is 0 Å². The normalized spacial score (nSPS) is 11.8. The van der Waals surface area contributed by atoms with E-state index in [9.17, 15) is 0 Å². The summed E-state index contributed by atoms with van der Waals surface area (Å²) in [4.78, 5) is 9.06. The lowest BCUT2D eigenvalue weighted by Crippen LogP contribution is -2.10. The number of rotatable bonds is 5. The van der Waals surface area contributed by atoms with Crippen LogP contribution in [0.5, 0.6) is 0 Å². The number of nitrogens with one attached hydrogen (secondary N) is 2. The van der Waals surface area contributed by atoms with Crippen molar-refractivity contribution in [3.63, 3.8) is 0 Å². The van der Waals surface area contributed by atoms with E-state index in [2.05, 4.69) is 39.7 Å². The Morgan fingerprint density at radius 3 is 2.48 bits per heavy atom. The molecule has 0 bridgehead atoms. The molecule has 1 aromatic heterocycles. The van der Waals surface area contributed by atoms with E-state index in [0.717, 1.165) is 22.8 Å². The zero-order valence-corrected chi connectivity index (χ0v) is 15.3. The predicted octanol–water partition coefficient (Wildman–Crippen LogP) is 5.66. The second-order valence-electron chi connectivity index (χ2n) is 6.08. The third-order valence-corrected chi connectivity index (χ3v) is 4.20. The molecule has 0 saturated heterocycles. The molecule has 0 fully saturated rings. The van der Waals surface area contributed by atoms with E-state index < -0.39 is 0 Å². The summed E-state index contributed by atoms with van der Waals surface area (Å²) in [5, 5.41) is 7.37. The SMILES string of the molecule is Cc1cc(NC(C)c2ccccc2)nc(Nc2cc(Cl)ccc2C)n1. The second kappa shape index (κ2) is 7.53. The van der Waals surface area contributed by atoms with Gasteiger partial charge in [0.25, 0.3) is 0 Å². The molecule has 3 aromatic rings. The Bertz CT molecular complexity index is 865. The summed E-state index contributed by atoms with van der Waals surface area (Å²) in [5.41, 5.74) is 4.08. The maximum Gasteiger partial charge on any atom is 0.229 e. The van der Waals surface area contributed by atoms with E-state index in [1.807, 2.05) is 56.3 Å². The van der Waals surface area contributed by atoms with Crippen LogP contribution >= 0.6 is 11.6 Å². The van der Waals surface area contributed by atoms with Gasteiger partial charge in [-0.2, -0.15) is 4.98 Å². The van der Waals surface area contributed by atoms with Gasteiger partial charge in [-0.25, -0.2) is 4.98 Å². The van der Waals surface area contributed by atoms with Gasteiger partial charge in [-0.3, -0.25) is 0 Å². The second-order valence-corrected chi connectivity index (χ2v) is 6.52. The zero-order chi connectivity index (χ0) is 17.8. The average molecular weight is 353 g/mol. The fraction of sp³-hybridized carbons (Fsp3) is 0.200. The van der Waals surface area contributed by atoms with Gasteiger partial charge in [-0.05, 0) is 44.0 Å². The molecule has 0 spiro atoms. The first-order chi connectivity index (χ1) is 12.0. The van der Waals surface area contributed by atoms with Gasteiger partial charge < -0.3 is 10.6 Å². The summed E-state index contributed by atoms with van der Waals surface area (Å²) in [6.07, 6.45) is 0. The first-order valence-electron chi connectivity index (χ1n) is 8.21. The highest BCUT2D eigenvalue weighted by Crippen LogP contribution is 2.24. The lowest BCUT2D eigenvalue weighted by molar-refractivity contribution is 0.871. The Hall–Kier alpha value is -2.59. The highest BCUT2D eigenvalue weighted by Gasteiger charge is 2.09. The molecule has 1 heterocycles. The molecule has 0 aliphatic carbocycles. The summed E-state index contributed by atoms with van der Waals surface area (Å²) >= 11 is 6.09. The quantitative estimate of drug-likeness (QED) is 0.621. The number of halogens is 1. The summed E-state index contributed by atoms with van der Waals surface area (Å²) < 4.78 is 0. The van der Waals surface area contributed by atoms with Gasteiger partial charge in [-0.1, -0.05) is 48.0 Å². The number of hydrogen-bond donors (Lipinski definition) is 2. The third kappa shape index (κ3) is 4.48. The molecule has 25 heavy (non-hydrogen) atoms. The van der Waals surface area contributed by atoms with E-state index in [4.69, 9.17) is 11.6 Å². The highest BCUT2D eigenvalue weighted by molar-refractivity contribution is 6.30. The molecule has 5 heteroatoms. The standard InChI is InChI=1S/C20H21ClN4/c1-13-9-10-17(21)12-18(13)24-20-22-14(2)11-19(25-20)23-15(3)16-7-5-4-6-8-16/h4-12,15H,1-3H3,(H2,22,23,24,25). The van der Waals surface area contributed by atoms with Crippen LogP contribution < -0.4 is 10.6 Å². The lowest BCUT2D eigenvalue weighted by atomic mass is 10.1. The minimum atomic E-state index is 0.149. The highest BCUT2D eigenvalue weighted by atomic mass is 35.5. The minimum absolute atomic E-state index is 0.149. The molecule has 4 nitrogen and oxygen atoms in total. The van der Waals surface area contributed by atoms with Gasteiger partial charge in [0.2, 0.25) is 5.95 Å². The topological polar surface area (TPSA) is 49.8 Å². The van der Waals surface area contributed by atoms with Crippen LogP contribution in [0.25, 0.3) is 0 Å². The van der Waals surface area contributed by atoms with Crippen molar-refractivity contribution in [3.05, 3.63) is 76.4 Å². The summed E-state index contributed by atoms with van der Waals surface area (Å²) in [6, 6.07) is 18.1. The van der Waals surface area contributed by atoms with Crippen LogP contribution in [0.3, 0.4) is 0 Å². The van der Waals surface area contributed by atoms with E-state index in [1.165, 1.54) is 5.56 Å². The number of nitrogens with zero attached hydrogens (tertiary/aromatic N) is 2. The van der Waals surface area contributed by atoms with Gasteiger partial charge in [0.1, 0.15) is 5.82 Å². The Balaban J connectivity index is 1.82. The van der Waals surface area contributed by atoms with Crippen LogP contribution in [0.1, 0.15) is 29.8 Å². The Morgan fingerprint density at radius 1 is 0.960 bits per heavy atom. The fourth-order valence-electron chi connectivity index (χ4n) is 2.59. The molecule has 1 atom stereocenters. The molecule has 3 rings (SSSR count). The molecule has 0 aliphatic rings. The van der Waals surface area contributed by atoms with Crippen LogP contribution in [0.15, 0.2) is 54.6 Å². The van der Waals surface area contributed by atoms with Gasteiger partial charge >= 0.3 is 0 Å². The molecular weight excluding hydrogens is 332 g/mol. The maximum atomic E-state index is 6.09. The van der Waals surface area contributed by atoms with Crippen LogP contribution in [-0.4, -0.2) is 9.97 Å². The smallest absolute Gasteiger partial charge is 0.229 e. The van der Waals surface area contributed by atoms with Crippen molar-refractivity contribution in [2.45, 2.75) is 26.8 Å². The average Bonchev–Trinajstić information content (AvgIpc) is 2.58. The van der Waals surface area contributed by atoms with Crippen LogP contribution in [0.4, 0.5) is 17.5 Å². The third-order valence-electron chi connectivity index (χ3n) is 3.96. The van der Waals surface area contributed by atoms with Gasteiger partial charge in [0.05, 0.1) is 0 Å². The fourth-order valence-corrected chi connectivity index (χ4v) is 2.77. The number of hydrogen-bond acceptors (Lipinski definition) is 4. The molecule has 0 amide bonds. The van der Waals surface area contributed by atoms with Crippen molar-refractivity contribution in [2.24, 2.45) is 0 Å². The number of aryl methyl sites for hydroxylation is 2. The molecular formula is C20H21ClN4. The maximum absolute atomic E-state index is 6.09. The molecule has 2 N–H and O–H groups in total. The summed E-state index contributed by atoms with van der Waals surface area (Å²) in [7, 11) is 0. The van der Waals surface area contributed by atoms with Crippen molar-refractivity contribution in [1.82, 2.24) is 9.97 Å². The Morgan fingerprint density at radius 2 is 1.72 bits per heavy atom. The summed E-state index contributed by atoms with van der Waals surface area (Å²) in [5.74, 6) is 1.33. The largest absolute Gasteiger partial charge is 0.363 e. The van der Waals surface area contributed by atoms with Gasteiger partial charge in [0.15, 0.2) is 0 Å². The van der Waals surface area contributed by atoms with E-state index in [-0.39, 0.29) is 6.04 Å². The van der Waals surface area contributed by atoms with Crippen molar-refractivity contribution >= 4 is 29.1 Å². The van der Waals surface area contributed by atoms with Crippen LogP contribution in [0, 0.1) is 13.8 Å². The Labute approximate surface area is 153 Å². The molecule has 1 unspecified atom stereocenters. The van der Waals surface area contributed by atoms with Gasteiger partial charge in [-0.15, -0.1) is 0 Å². The monoisotopic (exact) mass is 352 g/mol. The lowest BCUT2D eigenvalue weighted by Gasteiger charge is -2.16. The van der Waals surface area contributed by atoms with Crippen molar-refractivity contribution in [3.8, 4) is 0 Å². The Kier molecular flexibility index (Phi) is 5.19. The molecule has 0 saturated carbocycles. The molecule has 2 aromatic carbocycles. The summed E-state index contributed by atoms with van der Waals surface area (Å²) in [6.45, 7) is 6.09. The predicted molar refractivity (Wildman–Crippen MR) is 105 cm³/mol. The molecule has 0 aliphatic heterocycles. The number of benzene rings is 2. The van der Waals surface area contributed by atoms with Crippen LogP contribution in [0.2, 0.25) is 5.02 Å². The minimum Gasteiger partial charge on any atom is -0.363 e. The molecule has 0 radical (unpaired) electrons. The molecule has 128 valence electrons. The van der Waals surface area contributed by atoms with Crippen molar-refractivity contribution in [1.29, 1.82) is 0 Å².